The number of carbonyl (C=O) groups is 1. The summed E-state index contributed by atoms with van der Waals surface area (Å²) in [4.78, 5) is 13.0. The number of carbonyl (C=O) groups excluding carboxylic acids is 1. The maximum atomic E-state index is 11.1. The molecule has 1 N–H and O–H groups in total. The summed E-state index contributed by atoms with van der Waals surface area (Å²) < 4.78 is 9.73. The number of nitrogens with zero attached hydrogens (tertiary/aromatic N) is 1. The SMILES string of the molecule is COC(=O)CN(CCOCCO)C(C)C. The number of aliphatic hydroxyl groups excluding tert-OH is 1. The third-order valence-electron chi connectivity index (χ3n) is 2.05. The second-order valence-corrected chi connectivity index (χ2v) is 3.48. The standard InChI is InChI=1S/C10H21NO4/c1-9(2)11(8-10(13)14-3)4-6-15-7-5-12/h9,12H,4-8H2,1-3H3. The quantitative estimate of drug-likeness (QED) is 0.455. The summed E-state index contributed by atoms with van der Waals surface area (Å²) in [5.41, 5.74) is 0. The number of hydrogen-bond acceptors (Lipinski definition) is 5. The summed E-state index contributed by atoms with van der Waals surface area (Å²) in [7, 11) is 1.38. The predicted molar refractivity (Wildman–Crippen MR) is 56.6 cm³/mol. The van der Waals surface area contributed by atoms with Crippen LogP contribution in [0.4, 0.5) is 0 Å². The first kappa shape index (κ1) is 14.3. The molecule has 0 bridgehead atoms. The summed E-state index contributed by atoms with van der Waals surface area (Å²) in [5.74, 6) is -0.245. The highest BCUT2D eigenvalue weighted by atomic mass is 16.5. The fraction of sp³-hybridized carbons (Fsp3) is 0.900. The molecule has 0 saturated heterocycles. The maximum absolute atomic E-state index is 11.1. The van der Waals surface area contributed by atoms with E-state index in [2.05, 4.69) is 4.74 Å². The summed E-state index contributed by atoms with van der Waals surface area (Å²) in [6, 6.07) is 0.266. The van der Waals surface area contributed by atoms with Crippen molar-refractivity contribution in [1.82, 2.24) is 4.90 Å². The van der Waals surface area contributed by atoms with Crippen LogP contribution in [-0.2, 0) is 14.3 Å². The van der Waals surface area contributed by atoms with Crippen molar-refractivity contribution in [2.24, 2.45) is 0 Å². The van der Waals surface area contributed by atoms with Crippen LogP contribution in [0.15, 0.2) is 0 Å². The third kappa shape index (κ3) is 7.30. The van der Waals surface area contributed by atoms with E-state index in [-0.39, 0.29) is 25.2 Å². The highest BCUT2D eigenvalue weighted by Crippen LogP contribution is 1.98. The molecule has 0 atom stereocenters. The summed E-state index contributed by atoms with van der Waals surface area (Å²) >= 11 is 0. The van der Waals surface area contributed by atoms with E-state index in [1.165, 1.54) is 7.11 Å². The second kappa shape index (κ2) is 8.64. The minimum Gasteiger partial charge on any atom is -0.468 e. The molecule has 0 radical (unpaired) electrons. The van der Waals surface area contributed by atoms with Crippen LogP contribution in [-0.4, -0.2) is 62.0 Å². The molecular weight excluding hydrogens is 198 g/mol. The summed E-state index contributed by atoms with van der Waals surface area (Å²) in [5, 5.41) is 8.51. The van der Waals surface area contributed by atoms with E-state index in [0.717, 1.165) is 0 Å². The van der Waals surface area contributed by atoms with Crippen molar-refractivity contribution >= 4 is 5.97 Å². The van der Waals surface area contributed by atoms with Gasteiger partial charge in [-0.25, -0.2) is 0 Å². The van der Waals surface area contributed by atoms with Gasteiger partial charge in [0.05, 0.1) is 33.5 Å². The second-order valence-electron chi connectivity index (χ2n) is 3.48. The zero-order valence-electron chi connectivity index (χ0n) is 9.73. The highest BCUT2D eigenvalue weighted by Gasteiger charge is 2.13. The Hall–Kier alpha value is -0.650. The van der Waals surface area contributed by atoms with Crippen LogP contribution in [0.3, 0.4) is 0 Å². The van der Waals surface area contributed by atoms with Gasteiger partial charge in [0.25, 0.3) is 0 Å². The van der Waals surface area contributed by atoms with Gasteiger partial charge in [-0.05, 0) is 13.8 Å². The monoisotopic (exact) mass is 219 g/mol. The fourth-order valence-corrected chi connectivity index (χ4v) is 1.10. The predicted octanol–water partition coefficient (Wildman–Crippen LogP) is -0.121. The lowest BCUT2D eigenvalue weighted by Crippen LogP contribution is -2.38. The zero-order chi connectivity index (χ0) is 11.7. The maximum Gasteiger partial charge on any atom is 0.319 e. The number of aliphatic hydroxyl groups is 1. The van der Waals surface area contributed by atoms with Crippen molar-refractivity contribution in [3.05, 3.63) is 0 Å². The zero-order valence-corrected chi connectivity index (χ0v) is 9.73. The minimum atomic E-state index is -0.245. The molecule has 0 aliphatic heterocycles. The largest absolute Gasteiger partial charge is 0.468 e. The molecule has 0 aromatic heterocycles. The van der Waals surface area contributed by atoms with Gasteiger partial charge < -0.3 is 14.6 Å². The normalized spacial score (nSPS) is 11.1. The Morgan fingerprint density at radius 1 is 1.40 bits per heavy atom. The van der Waals surface area contributed by atoms with Gasteiger partial charge in [0, 0.05) is 12.6 Å². The molecule has 0 saturated carbocycles. The van der Waals surface area contributed by atoms with Gasteiger partial charge in [0.1, 0.15) is 0 Å². The molecule has 0 heterocycles. The van der Waals surface area contributed by atoms with Crippen LogP contribution in [0.5, 0.6) is 0 Å². The van der Waals surface area contributed by atoms with Gasteiger partial charge >= 0.3 is 5.97 Å². The van der Waals surface area contributed by atoms with Crippen molar-refractivity contribution < 1.29 is 19.4 Å². The lowest BCUT2D eigenvalue weighted by Gasteiger charge is -2.24. The van der Waals surface area contributed by atoms with Crippen molar-refractivity contribution in [2.45, 2.75) is 19.9 Å². The number of hydrogen-bond donors (Lipinski definition) is 1. The van der Waals surface area contributed by atoms with Crippen molar-refractivity contribution in [3.63, 3.8) is 0 Å². The van der Waals surface area contributed by atoms with Crippen LogP contribution >= 0.6 is 0 Å². The molecule has 0 aromatic carbocycles. The molecule has 0 amide bonds. The molecule has 5 nitrogen and oxygen atoms in total. The van der Waals surface area contributed by atoms with Crippen LogP contribution < -0.4 is 0 Å². The van der Waals surface area contributed by atoms with Crippen molar-refractivity contribution in [1.29, 1.82) is 0 Å². The summed E-state index contributed by atoms with van der Waals surface area (Å²) in [6.07, 6.45) is 0. The van der Waals surface area contributed by atoms with Gasteiger partial charge in [0.2, 0.25) is 0 Å². The lowest BCUT2D eigenvalue weighted by molar-refractivity contribution is -0.142. The van der Waals surface area contributed by atoms with Gasteiger partial charge in [-0.3, -0.25) is 9.69 Å². The van der Waals surface area contributed by atoms with Gasteiger partial charge in [-0.1, -0.05) is 0 Å². The number of esters is 1. The van der Waals surface area contributed by atoms with Gasteiger partial charge in [-0.15, -0.1) is 0 Å². The molecule has 15 heavy (non-hydrogen) atoms. The Bertz CT molecular complexity index is 173. The number of methoxy groups -OCH3 is 1. The smallest absolute Gasteiger partial charge is 0.319 e. The van der Waals surface area contributed by atoms with Crippen LogP contribution in [0.2, 0.25) is 0 Å². The molecule has 0 fully saturated rings. The first-order chi connectivity index (χ1) is 7.11. The van der Waals surface area contributed by atoms with Crippen molar-refractivity contribution in [2.75, 3.05) is 40.0 Å². The van der Waals surface area contributed by atoms with E-state index in [0.29, 0.717) is 19.8 Å². The average Bonchev–Trinajstić information content (AvgIpc) is 2.21. The van der Waals surface area contributed by atoms with E-state index in [9.17, 15) is 4.79 Å². The Labute approximate surface area is 91.0 Å². The Kier molecular flexibility index (Phi) is 8.27. The van der Waals surface area contributed by atoms with Crippen molar-refractivity contribution in [3.8, 4) is 0 Å². The first-order valence-corrected chi connectivity index (χ1v) is 5.11. The van der Waals surface area contributed by atoms with E-state index in [1.54, 1.807) is 0 Å². The van der Waals surface area contributed by atoms with Gasteiger partial charge in [0.15, 0.2) is 0 Å². The molecular formula is C10H21NO4. The highest BCUT2D eigenvalue weighted by molar-refractivity contribution is 5.71. The summed E-state index contributed by atoms with van der Waals surface area (Å²) in [6.45, 7) is 5.83. The van der Waals surface area contributed by atoms with E-state index >= 15 is 0 Å². The third-order valence-corrected chi connectivity index (χ3v) is 2.05. The molecule has 0 rings (SSSR count). The Morgan fingerprint density at radius 3 is 2.53 bits per heavy atom. The Balaban J connectivity index is 3.78. The van der Waals surface area contributed by atoms with Crippen LogP contribution in [0.25, 0.3) is 0 Å². The van der Waals surface area contributed by atoms with Crippen LogP contribution in [0, 0.1) is 0 Å². The Morgan fingerprint density at radius 2 is 2.07 bits per heavy atom. The first-order valence-electron chi connectivity index (χ1n) is 5.11. The molecule has 5 heteroatoms. The molecule has 0 spiro atoms. The average molecular weight is 219 g/mol. The van der Waals surface area contributed by atoms with E-state index < -0.39 is 0 Å². The minimum absolute atomic E-state index is 0.0265. The molecule has 0 aromatic rings. The topological polar surface area (TPSA) is 59.0 Å². The fourth-order valence-electron chi connectivity index (χ4n) is 1.10. The van der Waals surface area contributed by atoms with E-state index in [4.69, 9.17) is 9.84 Å². The molecule has 90 valence electrons. The van der Waals surface area contributed by atoms with Gasteiger partial charge in [-0.2, -0.15) is 0 Å². The molecule has 0 aliphatic rings. The molecule has 0 unspecified atom stereocenters. The number of ether oxygens (including phenoxy) is 2. The lowest BCUT2D eigenvalue weighted by atomic mass is 10.3. The molecule has 0 aliphatic carbocycles. The van der Waals surface area contributed by atoms with E-state index in [1.807, 2.05) is 18.7 Å². The van der Waals surface area contributed by atoms with Crippen LogP contribution in [0.1, 0.15) is 13.8 Å². The number of rotatable bonds is 8.